The lowest BCUT2D eigenvalue weighted by atomic mass is 9.86. The molecule has 0 spiro atoms. The van der Waals surface area contributed by atoms with Crippen molar-refractivity contribution >= 4 is 38.8 Å². The normalized spacial score (nSPS) is 18.6. The molecule has 2 aromatic heterocycles. The minimum absolute atomic E-state index is 0.258. The summed E-state index contributed by atoms with van der Waals surface area (Å²) in [6.07, 6.45) is 1.18. The highest BCUT2D eigenvalue weighted by molar-refractivity contribution is 7.21. The van der Waals surface area contributed by atoms with Crippen LogP contribution < -0.4 is 21.3 Å². The maximum absolute atomic E-state index is 15.2. The number of aromatic nitrogens is 1. The molecule has 4 N–H and O–H groups in total. The molecule has 1 aromatic carbocycles. The van der Waals surface area contributed by atoms with Crippen LogP contribution in [0.2, 0.25) is 0 Å². The fraction of sp³-hybridized carbons (Fsp3) is 0.391. The molecule has 168 valence electrons. The number of anilines is 2. The number of rotatable bonds is 3. The van der Waals surface area contributed by atoms with Crippen LogP contribution >= 0.6 is 11.3 Å². The summed E-state index contributed by atoms with van der Waals surface area (Å²) in [6, 6.07) is 4.75. The summed E-state index contributed by atoms with van der Waals surface area (Å²) in [5.74, 6) is -1.03. The Bertz CT molecular complexity index is 1210. The largest absolute Gasteiger partial charge is 0.397 e. The van der Waals surface area contributed by atoms with Crippen molar-refractivity contribution in [2.24, 2.45) is 0 Å². The lowest BCUT2D eigenvalue weighted by Crippen LogP contribution is -2.44. The van der Waals surface area contributed by atoms with Gasteiger partial charge in [0.25, 0.3) is 5.91 Å². The summed E-state index contributed by atoms with van der Waals surface area (Å²) >= 11 is 1.25. The quantitative estimate of drug-likeness (QED) is 0.563. The number of thiophene rings is 1. The van der Waals surface area contributed by atoms with Crippen molar-refractivity contribution in [2.75, 3.05) is 36.8 Å². The Morgan fingerprint density at radius 2 is 2.06 bits per heavy atom. The second-order valence-corrected chi connectivity index (χ2v) is 9.45. The Labute approximate surface area is 188 Å². The molecule has 1 amide bonds. The molecular formula is C23H25F2N5OS. The van der Waals surface area contributed by atoms with Gasteiger partial charge in [-0.15, -0.1) is 11.3 Å². The third-order valence-corrected chi connectivity index (χ3v) is 7.45. The van der Waals surface area contributed by atoms with Crippen molar-refractivity contribution in [3.63, 3.8) is 0 Å². The van der Waals surface area contributed by atoms with Crippen LogP contribution in [0.4, 0.5) is 20.2 Å². The molecule has 0 radical (unpaired) electrons. The van der Waals surface area contributed by atoms with Gasteiger partial charge in [-0.1, -0.05) is 0 Å². The number of carbonyl (C=O) groups is 1. The molecule has 1 aliphatic heterocycles. The summed E-state index contributed by atoms with van der Waals surface area (Å²) in [4.78, 5) is 20.4. The smallest absolute Gasteiger partial charge is 0.263 e. The molecule has 3 aromatic rings. The Morgan fingerprint density at radius 3 is 2.84 bits per heavy atom. The van der Waals surface area contributed by atoms with Gasteiger partial charge < -0.3 is 21.3 Å². The molecule has 9 heteroatoms. The first-order valence-electron chi connectivity index (χ1n) is 10.8. The SMILES string of the molecule is Cc1ccc2c(N)c(C(=O)N[C@H]3CCc4c(F)c(N5CCNCC5)cc(F)c4C3)sc2n1. The van der Waals surface area contributed by atoms with Crippen molar-refractivity contribution in [2.45, 2.75) is 32.2 Å². The van der Waals surface area contributed by atoms with E-state index in [2.05, 4.69) is 15.6 Å². The number of halogens is 2. The van der Waals surface area contributed by atoms with E-state index in [1.54, 1.807) is 0 Å². The average molecular weight is 458 g/mol. The zero-order chi connectivity index (χ0) is 22.4. The second-order valence-electron chi connectivity index (χ2n) is 8.45. The number of nitrogen functional groups attached to an aromatic ring is 1. The van der Waals surface area contributed by atoms with Gasteiger partial charge >= 0.3 is 0 Å². The zero-order valence-electron chi connectivity index (χ0n) is 17.8. The van der Waals surface area contributed by atoms with Crippen LogP contribution in [0.1, 0.15) is 32.9 Å². The van der Waals surface area contributed by atoms with Gasteiger partial charge in [-0.25, -0.2) is 13.8 Å². The van der Waals surface area contributed by atoms with Crippen LogP contribution in [-0.2, 0) is 12.8 Å². The van der Waals surface area contributed by atoms with Gasteiger partial charge in [-0.2, -0.15) is 0 Å². The van der Waals surface area contributed by atoms with Crippen molar-refractivity contribution in [3.05, 3.63) is 51.5 Å². The van der Waals surface area contributed by atoms with Gasteiger partial charge in [0.05, 0.1) is 11.4 Å². The number of fused-ring (bicyclic) bond motifs is 2. The highest BCUT2D eigenvalue weighted by Crippen LogP contribution is 2.35. The van der Waals surface area contributed by atoms with Crippen LogP contribution in [0.3, 0.4) is 0 Å². The molecule has 3 heterocycles. The number of hydrogen-bond acceptors (Lipinski definition) is 6. The number of hydrogen-bond donors (Lipinski definition) is 3. The van der Waals surface area contributed by atoms with E-state index < -0.39 is 5.82 Å². The number of pyridine rings is 1. The molecule has 0 saturated carbocycles. The highest BCUT2D eigenvalue weighted by Gasteiger charge is 2.30. The predicted octanol–water partition coefficient (Wildman–Crippen LogP) is 3.16. The third kappa shape index (κ3) is 3.69. The minimum atomic E-state index is -0.407. The molecule has 2 aliphatic rings. The minimum Gasteiger partial charge on any atom is -0.397 e. The van der Waals surface area contributed by atoms with E-state index >= 15 is 4.39 Å². The van der Waals surface area contributed by atoms with Crippen LogP contribution in [0.5, 0.6) is 0 Å². The molecule has 1 atom stereocenters. The highest BCUT2D eigenvalue weighted by atomic mass is 32.1. The predicted molar refractivity (Wildman–Crippen MR) is 123 cm³/mol. The Balaban J connectivity index is 1.36. The number of carbonyl (C=O) groups excluding carboxylic acids is 1. The van der Waals surface area contributed by atoms with Crippen molar-refractivity contribution in [1.82, 2.24) is 15.6 Å². The average Bonchev–Trinajstić information content (AvgIpc) is 3.12. The standard InChI is InChI=1S/C23H25F2N5OS/c1-12-2-4-15-20(26)21(32-23(15)28-12)22(31)29-13-3-5-14-16(10-13)17(24)11-18(19(14)25)30-8-6-27-7-9-30/h2,4,11,13,27H,3,5-10,26H2,1H3,(H,29,31)/t13-/m0/s1. The fourth-order valence-corrected chi connectivity index (χ4v) is 5.66. The van der Waals surface area contributed by atoms with E-state index in [0.717, 1.165) is 29.0 Å². The van der Waals surface area contributed by atoms with Crippen LogP contribution in [0.25, 0.3) is 10.2 Å². The molecule has 5 rings (SSSR count). The molecule has 6 nitrogen and oxygen atoms in total. The molecule has 1 aliphatic carbocycles. The van der Waals surface area contributed by atoms with Crippen molar-refractivity contribution in [1.29, 1.82) is 0 Å². The topological polar surface area (TPSA) is 83.3 Å². The summed E-state index contributed by atoms with van der Waals surface area (Å²) in [6.45, 7) is 4.69. The first-order chi connectivity index (χ1) is 15.4. The number of amides is 1. The van der Waals surface area contributed by atoms with E-state index in [-0.39, 0.29) is 24.2 Å². The summed E-state index contributed by atoms with van der Waals surface area (Å²) in [7, 11) is 0. The second kappa shape index (κ2) is 8.29. The van der Waals surface area contributed by atoms with E-state index in [4.69, 9.17) is 5.73 Å². The Kier molecular flexibility index (Phi) is 5.46. The molecule has 1 saturated heterocycles. The van der Waals surface area contributed by atoms with Crippen molar-refractivity contribution in [3.8, 4) is 0 Å². The van der Waals surface area contributed by atoms with Gasteiger partial charge in [0.2, 0.25) is 0 Å². The first kappa shape index (κ1) is 21.1. The fourth-order valence-electron chi connectivity index (χ4n) is 4.62. The van der Waals surface area contributed by atoms with Crippen LogP contribution in [-0.4, -0.2) is 43.1 Å². The maximum atomic E-state index is 15.2. The number of benzene rings is 1. The third-order valence-electron chi connectivity index (χ3n) is 6.33. The van der Waals surface area contributed by atoms with E-state index in [1.165, 1.54) is 17.4 Å². The van der Waals surface area contributed by atoms with E-state index in [9.17, 15) is 9.18 Å². The number of nitrogens with two attached hydrogens (primary N) is 1. The van der Waals surface area contributed by atoms with Gasteiger partial charge in [0.15, 0.2) is 0 Å². The van der Waals surface area contributed by atoms with E-state index in [0.29, 0.717) is 53.3 Å². The number of piperazine rings is 1. The van der Waals surface area contributed by atoms with Crippen molar-refractivity contribution < 1.29 is 13.6 Å². The summed E-state index contributed by atoms with van der Waals surface area (Å²) < 4.78 is 30.2. The Morgan fingerprint density at radius 1 is 1.28 bits per heavy atom. The van der Waals surface area contributed by atoms with E-state index in [1.807, 2.05) is 24.0 Å². The Hall–Kier alpha value is -2.78. The lowest BCUT2D eigenvalue weighted by molar-refractivity contribution is 0.0938. The van der Waals surface area contributed by atoms with Crippen LogP contribution in [0, 0.1) is 18.6 Å². The van der Waals surface area contributed by atoms with Gasteiger partial charge in [0.1, 0.15) is 21.3 Å². The number of nitrogens with zero attached hydrogens (tertiary/aromatic N) is 2. The first-order valence-corrected chi connectivity index (χ1v) is 11.7. The van der Waals surface area contributed by atoms with Gasteiger partial charge in [0, 0.05) is 49.4 Å². The van der Waals surface area contributed by atoms with Gasteiger partial charge in [-0.05, 0) is 49.4 Å². The monoisotopic (exact) mass is 457 g/mol. The number of aryl methyl sites for hydroxylation is 1. The summed E-state index contributed by atoms with van der Waals surface area (Å²) in [5.41, 5.74) is 8.59. The molecule has 32 heavy (non-hydrogen) atoms. The maximum Gasteiger partial charge on any atom is 0.263 e. The molecular weight excluding hydrogens is 432 g/mol. The molecule has 0 bridgehead atoms. The van der Waals surface area contributed by atoms with Gasteiger partial charge in [-0.3, -0.25) is 4.79 Å². The number of nitrogens with one attached hydrogen (secondary N) is 2. The zero-order valence-corrected chi connectivity index (χ0v) is 18.6. The lowest BCUT2D eigenvalue weighted by Gasteiger charge is -2.32. The van der Waals surface area contributed by atoms with Crippen LogP contribution in [0.15, 0.2) is 18.2 Å². The summed E-state index contributed by atoms with van der Waals surface area (Å²) in [5, 5.41) is 6.95. The molecule has 0 unspecified atom stereocenters. The molecule has 1 fully saturated rings.